The zero-order chi connectivity index (χ0) is 30.5. The summed E-state index contributed by atoms with van der Waals surface area (Å²) in [6, 6.07) is 16.2. The van der Waals surface area contributed by atoms with Gasteiger partial charge in [0, 0.05) is 49.3 Å². The number of amides is 1. The average Bonchev–Trinajstić information content (AvgIpc) is 3.24. The van der Waals surface area contributed by atoms with Crippen molar-refractivity contribution in [2.45, 2.75) is 51.4 Å². The lowest BCUT2D eigenvalue weighted by molar-refractivity contribution is -0.125. The van der Waals surface area contributed by atoms with Gasteiger partial charge in [-0.3, -0.25) is 9.69 Å². The number of aromatic nitrogens is 4. The summed E-state index contributed by atoms with van der Waals surface area (Å²) in [5, 5.41) is 7.09. The van der Waals surface area contributed by atoms with Crippen LogP contribution in [0.3, 0.4) is 0 Å². The number of nitrogens with one attached hydrogen (secondary N) is 2. The maximum Gasteiger partial charge on any atom is 0.234 e. The van der Waals surface area contributed by atoms with E-state index in [1.54, 1.807) is 24.7 Å². The minimum Gasteiger partial charge on any atom is -0.381 e. The van der Waals surface area contributed by atoms with E-state index < -0.39 is 5.54 Å². The smallest absolute Gasteiger partial charge is 0.234 e. The number of carbonyl (C=O) groups is 1. The monoisotopic (exact) mass is 613 g/mol. The number of rotatable bonds is 8. The highest BCUT2D eigenvalue weighted by atomic mass is 35.5. The standard InChI is InChI=1S/C33H36ClN7O3/c1-33(2,26-8-6-22(7-9-26)31-35-12-3-13-36-31)40-29(42)19-41-18-24-5-4-23(16-25(24)20-44-21-41)30-28(34)17-37-32(39-30)38-27-10-14-43-15-11-27/h3-9,12-13,16-17,27H,10-11,14-15,18-21H2,1-2H3,(H,40,42)(H,37,38,39). The van der Waals surface area contributed by atoms with Crippen molar-refractivity contribution >= 4 is 23.5 Å². The van der Waals surface area contributed by atoms with E-state index in [0.29, 0.717) is 42.4 Å². The second-order valence-electron chi connectivity index (χ2n) is 11.7. The fraction of sp³-hybridized carbons (Fsp3) is 0.364. The summed E-state index contributed by atoms with van der Waals surface area (Å²) in [5.74, 6) is 1.15. The molecular weight excluding hydrogens is 578 g/mol. The summed E-state index contributed by atoms with van der Waals surface area (Å²) in [4.78, 5) is 32.9. The van der Waals surface area contributed by atoms with E-state index in [0.717, 1.165) is 53.9 Å². The van der Waals surface area contributed by atoms with Crippen LogP contribution in [0.5, 0.6) is 0 Å². The van der Waals surface area contributed by atoms with Crippen molar-refractivity contribution in [3.63, 3.8) is 0 Å². The van der Waals surface area contributed by atoms with E-state index in [2.05, 4.69) is 37.7 Å². The van der Waals surface area contributed by atoms with Crippen molar-refractivity contribution in [1.29, 1.82) is 0 Å². The Morgan fingerprint density at radius 1 is 1.00 bits per heavy atom. The first-order chi connectivity index (χ1) is 21.3. The first-order valence-electron chi connectivity index (χ1n) is 14.8. The number of nitrogens with zero attached hydrogens (tertiary/aromatic N) is 5. The first kappa shape index (κ1) is 30.1. The molecule has 10 nitrogen and oxygen atoms in total. The van der Waals surface area contributed by atoms with Crippen LogP contribution in [0.2, 0.25) is 5.02 Å². The molecule has 6 rings (SSSR count). The van der Waals surface area contributed by atoms with E-state index >= 15 is 0 Å². The van der Waals surface area contributed by atoms with Gasteiger partial charge in [-0.1, -0.05) is 48.0 Å². The Morgan fingerprint density at radius 3 is 2.52 bits per heavy atom. The number of hydrogen-bond acceptors (Lipinski definition) is 9. The van der Waals surface area contributed by atoms with Gasteiger partial charge in [-0.05, 0) is 55.5 Å². The summed E-state index contributed by atoms with van der Waals surface area (Å²) in [6.07, 6.45) is 6.92. The van der Waals surface area contributed by atoms with Crippen molar-refractivity contribution < 1.29 is 14.3 Å². The van der Waals surface area contributed by atoms with Gasteiger partial charge in [0.2, 0.25) is 11.9 Å². The van der Waals surface area contributed by atoms with Crippen molar-refractivity contribution in [3.8, 4) is 22.6 Å². The quantitative estimate of drug-likeness (QED) is 0.277. The lowest BCUT2D eigenvalue weighted by Gasteiger charge is -2.29. The zero-order valence-electron chi connectivity index (χ0n) is 24.9. The number of ether oxygens (including phenoxy) is 2. The van der Waals surface area contributed by atoms with Crippen LogP contribution in [0, 0.1) is 0 Å². The zero-order valence-corrected chi connectivity index (χ0v) is 25.7. The highest BCUT2D eigenvalue weighted by Gasteiger charge is 2.25. The normalized spacial score (nSPS) is 16.2. The number of hydrogen-bond donors (Lipinski definition) is 2. The van der Waals surface area contributed by atoms with Gasteiger partial charge in [0.15, 0.2) is 5.82 Å². The van der Waals surface area contributed by atoms with Gasteiger partial charge in [-0.2, -0.15) is 0 Å². The van der Waals surface area contributed by atoms with Crippen molar-refractivity contribution in [2.75, 3.05) is 31.8 Å². The Hall–Kier alpha value is -3.96. The number of carbonyl (C=O) groups excluding carboxylic acids is 1. The van der Waals surface area contributed by atoms with Gasteiger partial charge in [0.25, 0.3) is 0 Å². The topological polar surface area (TPSA) is 114 Å². The third-order valence-corrected chi connectivity index (χ3v) is 8.23. The van der Waals surface area contributed by atoms with Crippen LogP contribution in [0.15, 0.2) is 67.1 Å². The minimum absolute atomic E-state index is 0.0773. The van der Waals surface area contributed by atoms with Crippen LogP contribution < -0.4 is 10.6 Å². The second kappa shape index (κ2) is 13.4. The average molecular weight is 614 g/mol. The van der Waals surface area contributed by atoms with E-state index in [9.17, 15) is 4.79 Å². The first-order valence-corrected chi connectivity index (χ1v) is 15.2. The molecule has 2 aromatic carbocycles. The van der Waals surface area contributed by atoms with E-state index in [1.165, 1.54) is 0 Å². The van der Waals surface area contributed by atoms with Crippen LogP contribution in [-0.4, -0.2) is 63.3 Å². The molecule has 1 saturated heterocycles. The molecule has 1 fully saturated rings. The van der Waals surface area contributed by atoms with Gasteiger partial charge in [0.1, 0.15) is 6.73 Å². The fourth-order valence-electron chi connectivity index (χ4n) is 5.55. The molecule has 0 spiro atoms. The largest absolute Gasteiger partial charge is 0.381 e. The van der Waals surface area contributed by atoms with E-state index in [4.69, 9.17) is 26.1 Å². The van der Waals surface area contributed by atoms with Gasteiger partial charge in [-0.15, -0.1) is 0 Å². The Morgan fingerprint density at radius 2 is 1.75 bits per heavy atom. The van der Waals surface area contributed by atoms with E-state index in [-0.39, 0.29) is 18.5 Å². The fourth-order valence-corrected chi connectivity index (χ4v) is 5.75. The molecule has 1 amide bonds. The van der Waals surface area contributed by atoms with Crippen LogP contribution >= 0.6 is 11.6 Å². The minimum atomic E-state index is -0.568. The molecule has 11 heteroatoms. The molecule has 0 bridgehead atoms. The predicted octanol–water partition coefficient (Wildman–Crippen LogP) is 5.19. The molecule has 4 aromatic rings. The van der Waals surface area contributed by atoms with Crippen molar-refractivity contribution in [3.05, 3.63) is 88.8 Å². The van der Waals surface area contributed by atoms with Crippen LogP contribution in [0.1, 0.15) is 43.4 Å². The summed E-state index contributed by atoms with van der Waals surface area (Å²) in [5.41, 5.74) is 5.06. The van der Waals surface area contributed by atoms with Crippen LogP contribution in [0.4, 0.5) is 5.95 Å². The predicted molar refractivity (Wildman–Crippen MR) is 169 cm³/mol. The summed E-state index contributed by atoms with van der Waals surface area (Å²) in [6.45, 7) is 7.03. The lowest BCUT2D eigenvalue weighted by atomic mass is 9.93. The van der Waals surface area contributed by atoms with Gasteiger partial charge >= 0.3 is 0 Å². The summed E-state index contributed by atoms with van der Waals surface area (Å²) < 4.78 is 11.4. The molecule has 2 aliphatic heterocycles. The van der Waals surface area contributed by atoms with Crippen LogP contribution in [-0.2, 0) is 33.0 Å². The Balaban J connectivity index is 1.09. The highest BCUT2D eigenvalue weighted by Crippen LogP contribution is 2.30. The van der Waals surface area contributed by atoms with Crippen molar-refractivity contribution in [1.82, 2.24) is 30.2 Å². The molecule has 0 atom stereocenters. The SMILES string of the molecule is CC(C)(NC(=O)CN1COCc2cc(-c3nc(NC4CCOCC4)ncc3Cl)ccc2C1)c1ccc(-c2ncccn2)cc1. The second-order valence-corrected chi connectivity index (χ2v) is 12.1. The molecule has 44 heavy (non-hydrogen) atoms. The number of anilines is 1. The number of halogens is 1. The molecule has 0 saturated carbocycles. The third kappa shape index (κ3) is 7.22. The summed E-state index contributed by atoms with van der Waals surface area (Å²) in [7, 11) is 0. The van der Waals surface area contributed by atoms with Crippen molar-refractivity contribution in [2.24, 2.45) is 0 Å². The van der Waals surface area contributed by atoms with Gasteiger partial charge < -0.3 is 20.1 Å². The van der Waals surface area contributed by atoms with Crippen LogP contribution in [0.25, 0.3) is 22.6 Å². The maximum atomic E-state index is 13.2. The molecule has 228 valence electrons. The maximum absolute atomic E-state index is 13.2. The highest BCUT2D eigenvalue weighted by molar-refractivity contribution is 6.32. The molecule has 2 N–H and O–H groups in total. The van der Waals surface area contributed by atoms with Gasteiger partial charge in [-0.25, -0.2) is 19.9 Å². The molecule has 4 heterocycles. The Bertz CT molecular complexity index is 1600. The molecule has 2 aromatic heterocycles. The Kier molecular flexibility index (Phi) is 9.13. The number of benzene rings is 2. The lowest BCUT2D eigenvalue weighted by Crippen LogP contribution is -2.46. The molecule has 0 aliphatic carbocycles. The number of fused-ring (bicyclic) bond motifs is 1. The summed E-state index contributed by atoms with van der Waals surface area (Å²) >= 11 is 6.54. The molecule has 0 radical (unpaired) electrons. The third-order valence-electron chi connectivity index (χ3n) is 7.95. The molecular formula is C33H36ClN7O3. The molecule has 2 aliphatic rings. The van der Waals surface area contributed by atoms with E-state index in [1.807, 2.05) is 49.1 Å². The molecule has 0 unspecified atom stereocenters. The van der Waals surface area contributed by atoms with Gasteiger partial charge in [0.05, 0.1) is 35.6 Å². The Labute approximate surface area is 262 Å².